The molecule has 3 N–H and O–H groups in total. The molecule has 0 saturated carbocycles. The van der Waals surface area contributed by atoms with E-state index < -0.39 is 39.7 Å². The molecule has 2 aromatic carbocycles. The monoisotopic (exact) mass is 483 g/mol. The molecule has 2 amide bonds. The summed E-state index contributed by atoms with van der Waals surface area (Å²) in [6.45, 7) is 3.54. The predicted octanol–water partition coefficient (Wildman–Crippen LogP) is 1.91. The summed E-state index contributed by atoms with van der Waals surface area (Å²) in [5.74, 6) is -2.80. The van der Waals surface area contributed by atoms with Gasteiger partial charge in [-0.05, 0) is 68.4 Å². The van der Waals surface area contributed by atoms with Gasteiger partial charge in [-0.15, -0.1) is 0 Å². The summed E-state index contributed by atoms with van der Waals surface area (Å²) >= 11 is 0. The van der Waals surface area contributed by atoms with Crippen molar-refractivity contribution in [1.29, 1.82) is 0 Å². The number of aryl methyl sites for hydroxylation is 2. The van der Waals surface area contributed by atoms with Gasteiger partial charge in [-0.1, -0.05) is 29.8 Å². The zero-order valence-corrected chi connectivity index (χ0v) is 20.1. The lowest BCUT2D eigenvalue weighted by Crippen LogP contribution is -2.62. The molecule has 3 atom stereocenters. The van der Waals surface area contributed by atoms with Gasteiger partial charge in [0.25, 0.3) is 0 Å². The number of hydrogen-bond acceptors (Lipinski definition) is 5. The average Bonchev–Trinajstić information content (AvgIpc) is 2.80. The van der Waals surface area contributed by atoms with Gasteiger partial charge in [0.1, 0.15) is 6.04 Å². The summed E-state index contributed by atoms with van der Waals surface area (Å²) in [5.41, 5.74) is 9.12. The molecule has 0 spiro atoms. The number of nitrogens with one attached hydrogen (secondary N) is 1. The van der Waals surface area contributed by atoms with Gasteiger partial charge in [0.2, 0.25) is 21.8 Å². The van der Waals surface area contributed by atoms with Crippen LogP contribution < -0.4 is 11.1 Å². The lowest BCUT2D eigenvalue weighted by molar-refractivity contribution is -0.135. The van der Waals surface area contributed by atoms with Crippen LogP contribution in [0.5, 0.6) is 0 Å². The van der Waals surface area contributed by atoms with Crippen molar-refractivity contribution in [1.82, 2.24) is 9.62 Å². The molecule has 1 heterocycles. The van der Waals surface area contributed by atoms with E-state index in [1.54, 1.807) is 18.2 Å². The van der Waals surface area contributed by atoms with Gasteiger partial charge < -0.3 is 11.1 Å². The molecular weight excluding hydrogens is 454 g/mol. The number of piperazine rings is 1. The van der Waals surface area contributed by atoms with Crippen molar-refractivity contribution in [3.05, 3.63) is 64.7 Å². The van der Waals surface area contributed by atoms with Crippen LogP contribution >= 0.6 is 0 Å². The molecule has 1 unspecified atom stereocenters. The number of carbonyl (C=O) groups is 3. The first-order chi connectivity index (χ1) is 16.1. The predicted molar refractivity (Wildman–Crippen MR) is 127 cm³/mol. The van der Waals surface area contributed by atoms with Crippen LogP contribution in [-0.4, -0.2) is 49.5 Å². The van der Waals surface area contributed by atoms with Crippen molar-refractivity contribution in [3.8, 4) is 0 Å². The van der Waals surface area contributed by atoms with E-state index >= 15 is 0 Å². The Morgan fingerprint density at radius 2 is 1.85 bits per heavy atom. The Labute approximate surface area is 199 Å². The molecule has 34 heavy (non-hydrogen) atoms. The van der Waals surface area contributed by atoms with Gasteiger partial charge in [0.05, 0.1) is 10.8 Å². The fraction of sp³-hybridized carbons (Fsp3) is 0.400. The molecule has 2 aliphatic rings. The highest BCUT2D eigenvalue weighted by molar-refractivity contribution is 7.89. The van der Waals surface area contributed by atoms with E-state index in [2.05, 4.69) is 5.32 Å². The van der Waals surface area contributed by atoms with E-state index in [9.17, 15) is 22.8 Å². The Bertz CT molecular complexity index is 1240. The first-order valence-electron chi connectivity index (χ1n) is 11.4. The van der Waals surface area contributed by atoms with Crippen LogP contribution in [-0.2, 0) is 26.0 Å². The highest BCUT2D eigenvalue weighted by Gasteiger charge is 2.49. The third-order valence-electron chi connectivity index (χ3n) is 6.85. The second-order valence-corrected chi connectivity index (χ2v) is 11.0. The molecule has 8 nitrogen and oxygen atoms in total. The lowest BCUT2D eigenvalue weighted by Gasteiger charge is -2.41. The number of nitrogens with two attached hydrogens (primary N) is 1. The topological polar surface area (TPSA) is 127 Å². The van der Waals surface area contributed by atoms with Crippen LogP contribution in [0.2, 0.25) is 0 Å². The number of ketones is 1. The Balaban J connectivity index is 1.79. The van der Waals surface area contributed by atoms with Crippen molar-refractivity contribution in [3.63, 3.8) is 0 Å². The number of carbonyl (C=O) groups excluding carboxylic acids is 3. The van der Waals surface area contributed by atoms with Gasteiger partial charge in [0, 0.05) is 18.7 Å². The van der Waals surface area contributed by atoms with E-state index in [1.807, 2.05) is 19.1 Å². The first kappa shape index (κ1) is 24.1. The largest absolute Gasteiger partial charge is 0.369 e. The molecule has 1 aliphatic carbocycles. The van der Waals surface area contributed by atoms with Crippen molar-refractivity contribution < 1.29 is 22.8 Å². The fourth-order valence-electron chi connectivity index (χ4n) is 5.14. The van der Waals surface area contributed by atoms with Crippen LogP contribution in [0, 0.1) is 12.8 Å². The van der Waals surface area contributed by atoms with E-state index in [0.29, 0.717) is 12.0 Å². The third-order valence-corrected chi connectivity index (χ3v) is 8.75. The van der Waals surface area contributed by atoms with Gasteiger partial charge in [-0.25, -0.2) is 8.42 Å². The van der Waals surface area contributed by atoms with Crippen LogP contribution in [0.1, 0.15) is 52.7 Å². The number of nitrogens with zero attached hydrogens (tertiary/aromatic N) is 1. The zero-order chi connectivity index (χ0) is 24.6. The number of rotatable bonds is 6. The lowest BCUT2D eigenvalue weighted by atomic mass is 9.72. The minimum atomic E-state index is -4.05. The number of primary amides is 1. The highest BCUT2D eigenvalue weighted by Crippen LogP contribution is 2.41. The molecule has 4 rings (SSSR count). The van der Waals surface area contributed by atoms with Crippen molar-refractivity contribution in [2.75, 3.05) is 13.1 Å². The van der Waals surface area contributed by atoms with Crippen LogP contribution in [0.15, 0.2) is 47.4 Å². The standard InChI is InChI=1S/C25H29N3O5S/c1-15-6-9-19(10-7-15)34(32,33)28-13-12-27-25(31)23(28)22(24(26)30)21-5-3-4-18-14-17(16(2)29)8-11-20(18)21/h6-11,14,21-23H,3-5,12-13H2,1-2H3,(H2,26,30)(H,27,31)/t21-,22?,23+/m0/s1. The fourth-order valence-corrected chi connectivity index (χ4v) is 6.75. The molecule has 0 radical (unpaired) electrons. The van der Waals surface area contributed by atoms with Gasteiger partial charge in [0.15, 0.2) is 5.78 Å². The summed E-state index contributed by atoms with van der Waals surface area (Å²) in [4.78, 5) is 37.9. The van der Waals surface area contributed by atoms with Gasteiger partial charge in [-0.2, -0.15) is 4.31 Å². The summed E-state index contributed by atoms with van der Waals surface area (Å²) in [6.07, 6.45) is 2.06. The second-order valence-electron chi connectivity index (χ2n) is 9.06. The number of amides is 2. The molecule has 180 valence electrons. The van der Waals surface area contributed by atoms with Crippen molar-refractivity contribution in [2.24, 2.45) is 11.7 Å². The van der Waals surface area contributed by atoms with E-state index in [-0.39, 0.29) is 23.8 Å². The number of fused-ring (bicyclic) bond motifs is 1. The number of benzene rings is 2. The van der Waals surface area contributed by atoms with Crippen LogP contribution in [0.3, 0.4) is 0 Å². The van der Waals surface area contributed by atoms with Gasteiger partial charge in [-0.3, -0.25) is 14.4 Å². The maximum Gasteiger partial charge on any atom is 0.243 e. The Hall–Kier alpha value is -3.04. The summed E-state index contributed by atoms with van der Waals surface area (Å²) < 4.78 is 28.3. The molecular formula is C25H29N3O5S. The molecule has 0 bridgehead atoms. The van der Waals surface area contributed by atoms with E-state index in [0.717, 1.165) is 33.8 Å². The zero-order valence-electron chi connectivity index (χ0n) is 19.3. The maximum absolute atomic E-state index is 13.6. The minimum absolute atomic E-state index is 0.0409. The second kappa shape index (κ2) is 9.31. The van der Waals surface area contributed by atoms with E-state index in [1.165, 1.54) is 19.1 Å². The van der Waals surface area contributed by atoms with Crippen molar-refractivity contribution >= 4 is 27.6 Å². The maximum atomic E-state index is 13.6. The number of hydrogen-bond donors (Lipinski definition) is 2. The molecule has 1 fully saturated rings. The van der Waals surface area contributed by atoms with Crippen molar-refractivity contribution in [2.45, 2.75) is 50.0 Å². The Kier molecular flexibility index (Phi) is 6.60. The quantitative estimate of drug-likeness (QED) is 0.607. The third kappa shape index (κ3) is 4.37. The molecule has 1 aliphatic heterocycles. The number of sulfonamides is 1. The SMILES string of the molecule is CC(=O)c1ccc2c(c1)CCC[C@@H]2C(C(N)=O)[C@@H]1C(=O)NCCN1S(=O)(=O)c1ccc(C)cc1. The summed E-state index contributed by atoms with van der Waals surface area (Å²) in [6, 6.07) is 10.5. The van der Waals surface area contributed by atoms with Crippen LogP contribution in [0.25, 0.3) is 0 Å². The smallest absolute Gasteiger partial charge is 0.243 e. The molecule has 2 aromatic rings. The number of Topliss-reactive ketones (excluding diaryl/α,β-unsaturated/α-hetero) is 1. The summed E-state index contributed by atoms with van der Waals surface area (Å²) in [5, 5.41) is 2.72. The Morgan fingerprint density at radius 1 is 1.15 bits per heavy atom. The molecule has 1 saturated heterocycles. The first-order valence-corrected chi connectivity index (χ1v) is 12.8. The van der Waals surface area contributed by atoms with Crippen LogP contribution in [0.4, 0.5) is 0 Å². The minimum Gasteiger partial charge on any atom is -0.369 e. The normalized spacial score (nSPS) is 21.9. The van der Waals surface area contributed by atoms with Gasteiger partial charge >= 0.3 is 0 Å². The van der Waals surface area contributed by atoms with E-state index in [4.69, 9.17) is 5.73 Å². The average molecular weight is 484 g/mol. The molecule has 9 heteroatoms. The highest BCUT2D eigenvalue weighted by atomic mass is 32.2. The Morgan fingerprint density at radius 3 is 2.50 bits per heavy atom. The summed E-state index contributed by atoms with van der Waals surface area (Å²) in [7, 11) is -4.05. The molecule has 0 aromatic heterocycles.